The lowest BCUT2D eigenvalue weighted by Crippen LogP contribution is -2.69. The summed E-state index contributed by atoms with van der Waals surface area (Å²) in [5.74, 6) is -3.26. The largest absolute Gasteiger partial charge is 0.462 e. The van der Waals surface area contributed by atoms with Crippen LogP contribution in [0.5, 0.6) is 0 Å². The van der Waals surface area contributed by atoms with Gasteiger partial charge in [0.1, 0.15) is 18.8 Å². The molecule has 1 heterocycles. The number of hydrogen-bond acceptors (Lipinski definition) is 11. The standard InChI is InChI=1S/C36H62N2O11/c1-17-18-21(26(40)37-36(14,15)16)38(20-39)27-25(49-31(44)35(11,12)13)24(48-30(43)34(8,9)10)23(47-29(42)33(5,6)7)22(46-27)19-45-28(41)32(2,3)4/h20-25,27H,17-19H2,1-16H3,(H,37,40)/t21-,22?,23+,24?,25?,27-/m1/s1. The Morgan fingerprint density at radius 2 is 1.08 bits per heavy atom. The zero-order chi connectivity index (χ0) is 38.5. The number of hydrogen-bond donors (Lipinski definition) is 1. The first kappa shape index (κ1) is 43.8. The molecule has 13 heteroatoms. The van der Waals surface area contributed by atoms with Crippen LogP contribution >= 0.6 is 0 Å². The molecule has 0 aliphatic carbocycles. The predicted molar refractivity (Wildman–Crippen MR) is 182 cm³/mol. The van der Waals surface area contributed by atoms with Gasteiger partial charge in [-0.15, -0.1) is 0 Å². The van der Waals surface area contributed by atoms with Crippen molar-refractivity contribution in [1.29, 1.82) is 0 Å². The molecule has 1 aliphatic rings. The van der Waals surface area contributed by atoms with Gasteiger partial charge in [0, 0.05) is 5.54 Å². The number of esters is 4. The van der Waals surface area contributed by atoms with Crippen molar-refractivity contribution < 1.29 is 52.5 Å². The van der Waals surface area contributed by atoms with Gasteiger partial charge in [0.05, 0.1) is 21.7 Å². The summed E-state index contributed by atoms with van der Waals surface area (Å²) in [5.41, 5.74) is -4.75. The van der Waals surface area contributed by atoms with E-state index >= 15 is 0 Å². The van der Waals surface area contributed by atoms with Crippen LogP contribution in [-0.4, -0.2) is 89.9 Å². The SMILES string of the molecule is CCC[C@H](C(=O)NC(C)(C)C)N(C=O)[C@@H]1OC(COC(=O)C(C)(C)C)[C@H](OC(=O)C(C)(C)C)C(OC(=O)C(C)(C)C)C1OC(=O)C(C)(C)C. The highest BCUT2D eigenvalue weighted by Gasteiger charge is 2.57. The van der Waals surface area contributed by atoms with Crippen molar-refractivity contribution >= 4 is 36.2 Å². The molecule has 0 radical (unpaired) electrons. The van der Waals surface area contributed by atoms with E-state index in [1.165, 1.54) is 0 Å². The fourth-order valence-electron chi connectivity index (χ4n) is 4.40. The van der Waals surface area contributed by atoms with Gasteiger partial charge in [-0.05, 0) is 110 Å². The number of amides is 2. The fourth-order valence-corrected chi connectivity index (χ4v) is 4.40. The molecule has 0 aromatic heterocycles. The molecule has 1 N–H and O–H groups in total. The van der Waals surface area contributed by atoms with E-state index in [-0.39, 0.29) is 6.42 Å². The van der Waals surface area contributed by atoms with E-state index in [9.17, 15) is 28.8 Å². The minimum absolute atomic E-state index is 0.193. The maximum atomic E-state index is 13.7. The molecule has 0 aromatic rings. The average molecular weight is 699 g/mol. The third-order valence-corrected chi connectivity index (χ3v) is 7.31. The minimum Gasteiger partial charge on any atom is -0.462 e. The molecule has 1 rings (SSSR count). The summed E-state index contributed by atoms with van der Waals surface area (Å²) in [6.45, 7) is 26.3. The van der Waals surface area contributed by atoms with E-state index in [0.29, 0.717) is 12.8 Å². The summed E-state index contributed by atoms with van der Waals surface area (Å²) in [6.07, 6.45) is -6.42. The molecule has 2 amide bonds. The zero-order valence-electron chi connectivity index (χ0n) is 32.6. The number of carbonyl (C=O) groups excluding carboxylic acids is 6. The van der Waals surface area contributed by atoms with E-state index in [1.807, 2.05) is 6.92 Å². The van der Waals surface area contributed by atoms with Crippen LogP contribution in [0.2, 0.25) is 0 Å². The lowest BCUT2D eigenvalue weighted by atomic mass is 9.91. The number of carbonyl (C=O) groups is 6. The molecular weight excluding hydrogens is 636 g/mol. The summed E-state index contributed by atoms with van der Waals surface area (Å²) in [7, 11) is 0. The van der Waals surface area contributed by atoms with E-state index in [2.05, 4.69) is 5.32 Å². The van der Waals surface area contributed by atoms with E-state index in [0.717, 1.165) is 4.90 Å². The van der Waals surface area contributed by atoms with E-state index in [4.69, 9.17) is 23.7 Å². The normalized spacial score (nSPS) is 22.7. The topological polar surface area (TPSA) is 164 Å². The number of nitrogens with one attached hydrogen (secondary N) is 1. The molecular formula is C36H62N2O11. The minimum atomic E-state index is -1.59. The molecule has 0 spiro atoms. The Hall–Kier alpha value is -3.22. The first-order valence-electron chi connectivity index (χ1n) is 17.0. The molecule has 6 atom stereocenters. The Kier molecular flexibility index (Phi) is 14.5. The summed E-state index contributed by atoms with van der Waals surface area (Å²) < 4.78 is 30.2. The van der Waals surface area contributed by atoms with Crippen molar-refractivity contribution in [1.82, 2.24) is 10.2 Å². The second kappa shape index (κ2) is 16.2. The van der Waals surface area contributed by atoms with Crippen LogP contribution in [0.3, 0.4) is 0 Å². The second-order valence-electron chi connectivity index (χ2n) is 17.9. The highest BCUT2D eigenvalue weighted by atomic mass is 16.7. The highest BCUT2D eigenvalue weighted by molar-refractivity contribution is 5.84. The fraction of sp³-hybridized carbons (Fsp3) is 0.833. The monoisotopic (exact) mass is 698 g/mol. The van der Waals surface area contributed by atoms with Crippen LogP contribution in [0.15, 0.2) is 0 Å². The summed E-state index contributed by atoms with van der Waals surface area (Å²) in [4.78, 5) is 81.3. The number of rotatable bonds is 11. The Bertz CT molecular complexity index is 1200. The third kappa shape index (κ3) is 12.9. The summed E-state index contributed by atoms with van der Waals surface area (Å²) >= 11 is 0. The van der Waals surface area contributed by atoms with Gasteiger partial charge in [-0.25, -0.2) is 0 Å². The van der Waals surface area contributed by atoms with E-state index < -0.39 is 100 Å². The summed E-state index contributed by atoms with van der Waals surface area (Å²) in [5, 5.41) is 2.89. The van der Waals surface area contributed by atoms with Gasteiger partial charge in [-0.3, -0.25) is 28.8 Å². The Morgan fingerprint density at radius 1 is 0.673 bits per heavy atom. The van der Waals surface area contributed by atoms with Crippen LogP contribution in [0.1, 0.15) is 124 Å². The summed E-state index contributed by atoms with van der Waals surface area (Å²) in [6, 6.07) is -1.12. The molecule has 1 saturated heterocycles. The van der Waals surface area contributed by atoms with Crippen molar-refractivity contribution in [3.8, 4) is 0 Å². The third-order valence-electron chi connectivity index (χ3n) is 7.31. The highest BCUT2D eigenvalue weighted by Crippen LogP contribution is 2.36. The Morgan fingerprint density at radius 3 is 1.45 bits per heavy atom. The van der Waals surface area contributed by atoms with Gasteiger partial charge in [-0.1, -0.05) is 13.3 Å². The number of nitrogens with zero attached hydrogens (tertiary/aromatic N) is 1. The van der Waals surface area contributed by atoms with Crippen LogP contribution in [-0.2, 0) is 52.5 Å². The van der Waals surface area contributed by atoms with Gasteiger partial charge in [0.15, 0.2) is 24.5 Å². The average Bonchev–Trinajstić information content (AvgIpc) is 2.90. The quantitative estimate of drug-likeness (QED) is 0.180. The smallest absolute Gasteiger partial charge is 0.311 e. The van der Waals surface area contributed by atoms with Crippen molar-refractivity contribution in [3.63, 3.8) is 0 Å². The second-order valence-corrected chi connectivity index (χ2v) is 17.9. The maximum Gasteiger partial charge on any atom is 0.311 e. The molecule has 3 unspecified atom stereocenters. The Labute approximate surface area is 292 Å². The Balaban J connectivity index is 4.12. The van der Waals surface area contributed by atoms with Crippen LogP contribution in [0.25, 0.3) is 0 Å². The van der Waals surface area contributed by atoms with Gasteiger partial charge < -0.3 is 33.9 Å². The molecule has 282 valence electrons. The molecule has 0 bridgehead atoms. The lowest BCUT2D eigenvalue weighted by Gasteiger charge is -2.49. The maximum absolute atomic E-state index is 13.7. The molecule has 0 saturated carbocycles. The van der Waals surface area contributed by atoms with Gasteiger partial charge >= 0.3 is 23.9 Å². The molecule has 49 heavy (non-hydrogen) atoms. The number of ether oxygens (including phenoxy) is 5. The predicted octanol–water partition coefficient (Wildman–Crippen LogP) is 4.72. The van der Waals surface area contributed by atoms with Gasteiger partial charge in [0.2, 0.25) is 12.3 Å². The first-order valence-corrected chi connectivity index (χ1v) is 17.0. The first-order chi connectivity index (χ1) is 21.9. The van der Waals surface area contributed by atoms with Crippen LogP contribution in [0, 0.1) is 21.7 Å². The molecule has 1 aliphatic heterocycles. The zero-order valence-corrected chi connectivity index (χ0v) is 32.6. The lowest BCUT2D eigenvalue weighted by molar-refractivity contribution is -0.282. The van der Waals surface area contributed by atoms with Crippen LogP contribution in [0.4, 0.5) is 0 Å². The van der Waals surface area contributed by atoms with Gasteiger partial charge in [0.25, 0.3) is 0 Å². The molecule has 13 nitrogen and oxygen atoms in total. The molecule has 1 fully saturated rings. The van der Waals surface area contributed by atoms with Crippen molar-refractivity contribution in [2.45, 2.75) is 166 Å². The van der Waals surface area contributed by atoms with Crippen molar-refractivity contribution in [2.24, 2.45) is 21.7 Å². The molecule has 0 aromatic carbocycles. The van der Waals surface area contributed by atoms with E-state index in [1.54, 1.807) is 104 Å². The van der Waals surface area contributed by atoms with Gasteiger partial charge in [-0.2, -0.15) is 0 Å². The van der Waals surface area contributed by atoms with Crippen molar-refractivity contribution in [2.75, 3.05) is 6.61 Å². The van der Waals surface area contributed by atoms with Crippen LogP contribution < -0.4 is 5.32 Å². The van der Waals surface area contributed by atoms with Crippen molar-refractivity contribution in [3.05, 3.63) is 0 Å².